The first-order chi connectivity index (χ1) is 9.88. The van der Waals surface area contributed by atoms with Crippen LogP contribution in [0.25, 0.3) is 0 Å². The molecule has 0 aromatic heterocycles. The molecule has 3 nitrogen and oxygen atoms in total. The van der Waals surface area contributed by atoms with Crippen LogP contribution >= 0.6 is 0 Å². The highest BCUT2D eigenvalue weighted by atomic mass is 16.1. The second-order valence-electron chi connectivity index (χ2n) is 5.62. The number of primary amides is 1. The Balaban J connectivity index is 2.19. The van der Waals surface area contributed by atoms with E-state index < -0.39 is 5.91 Å². The predicted octanol–water partition coefficient (Wildman–Crippen LogP) is 3.63. The highest BCUT2D eigenvalue weighted by molar-refractivity contribution is 5.93. The molecule has 0 aliphatic carbocycles. The summed E-state index contributed by atoms with van der Waals surface area (Å²) in [7, 11) is 0. The van der Waals surface area contributed by atoms with Crippen LogP contribution in [0.2, 0.25) is 0 Å². The van der Waals surface area contributed by atoms with Gasteiger partial charge < -0.3 is 11.1 Å². The number of hydrogen-bond acceptors (Lipinski definition) is 2. The molecule has 2 aromatic rings. The second-order valence-corrected chi connectivity index (χ2v) is 5.62. The van der Waals surface area contributed by atoms with E-state index in [1.807, 2.05) is 19.1 Å². The van der Waals surface area contributed by atoms with E-state index in [0.29, 0.717) is 5.56 Å². The molecule has 0 saturated carbocycles. The van der Waals surface area contributed by atoms with Crippen molar-refractivity contribution in [3.63, 3.8) is 0 Å². The number of anilines is 1. The number of aryl methyl sites for hydroxylation is 4. The minimum absolute atomic E-state index is 0.394. The Morgan fingerprint density at radius 1 is 1.00 bits per heavy atom. The normalized spacial score (nSPS) is 10.5. The van der Waals surface area contributed by atoms with Crippen LogP contribution in [0, 0.1) is 27.7 Å². The Kier molecular flexibility index (Phi) is 4.32. The number of rotatable bonds is 4. The number of benzene rings is 2. The summed E-state index contributed by atoms with van der Waals surface area (Å²) in [5, 5.41) is 3.44. The van der Waals surface area contributed by atoms with Crippen molar-refractivity contribution < 1.29 is 4.79 Å². The van der Waals surface area contributed by atoms with Gasteiger partial charge in [0, 0.05) is 17.8 Å². The Morgan fingerprint density at radius 2 is 1.62 bits per heavy atom. The van der Waals surface area contributed by atoms with Crippen molar-refractivity contribution in [2.75, 3.05) is 5.32 Å². The lowest BCUT2D eigenvalue weighted by Crippen LogP contribution is -2.11. The fourth-order valence-corrected chi connectivity index (χ4v) is 2.69. The minimum Gasteiger partial charge on any atom is -0.381 e. The average Bonchev–Trinajstić information content (AvgIpc) is 2.38. The van der Waals surface area contributed by atoms with Crippen molar-refractivity contribution in [2.45, 2.75) is 34.2 Å². The molecule has 110 valence electrons. The SMILES string of the molecule is Cc1cc(C)c(CNc2ccc(C(N)=O)cc2C)c(C)c1. The van der Waals surface area contributed by atoms with Gasteiger partial charge >= 0.3 is 0 Å². The molecule has 0 spiro atoms. The average molecular weight is 282 g/mol. The van der Waals surface area contributed by atoms with Crippen molar-refractivity contribution in [3.05, 3.63) is 63.7 Å². The van der Waals surface area contributed by atoms with Crippen LogP contribution in [0.15, 0.2) is 30.3 Å². The van der Waals surface area contributed by atoms with Gasteiger partial charge in [-0.1, -0.05) is 17.7 Å². The van der Waals surface area contributed by atoms with Gasteiger partial charge in [-0.05, 0) is 68.1 Å². The molecular formula is C18H22N2O. The van der Waals surface area contributed by atoms with E-state index in [0.717, 1.165) is 17.8 Å². The summed E-state index contributed by atoms with van der Waals surface area (Å²) in [4.78, 5) is 11.2. The van der Waals surface area contributed by atoms with Crippen LogP contribution < -0.4 is 11.1 Å². The molecule has 3 N–H and O–H groups in total. The van der Waals surface area contributed by atoms with E-state index in [2.05, 4.69) is 38.2 Å². The van der Waals surface area contributed by atoms with Crippen LogP contribution in [0.1, 0.15) is 38.2 Å². The second kappa shape index (κ2) is 6.00. The Labute approximate surface area is 126 Å². The summed E-state index contributed by atoms with van der Waals surface area (Å²) in [6, 6.07) is 9.89. The smallest absolute Gasteiger partial charge is 0.248 e. The lowest BCUT2D eigenvalue weighted by Gasteiger charge is -2.15. The highest BCUT2D eigenvalue weighted by Crippen LogP contribution is 2.21. The summed E-state index contributed by atoms with van der Waals surface area (Å²) in [6.45, 7) is 9.14. The zero-order valence-corrected chi connectivity index (χ0v) is 13.1. The van der Waals surface area contributed by atoms with Gasteiger partial charge in [-0.15, -0.1) is 0 Å². The molecule has 2 aromatic carbocycles. The highest BCUT2D eigenvalue weighted by Gasteiger charge is 2.07. The molecule has 0 aliphatic rings. The molecule has 0 heterocycles. The van der Waals surface area contributed by atoms with E-state index in [-0.39, 0.29) is 0 Å². The molecular weight excluding hydrogens is 260 g/mol. The van der Waals surface area contributed by atoms with Crippen molar-refractivity contribution in [3.8, 4) is 0 Å². The van der Waals surface area contributed by atoms with Crippen LogP contribution in [-0.2, 0) is 6.54 Å². The molecule has 1 amide bonds. The van der Waals surface area contributed by atoms with E-state index in [4.69, 9.17) is 5.73 Å². The van der Waals surface area contributed by atoms with Crippen molar-refractivity contribution in [1.82, 2.24) is 0 Å². The lowest BCUT2D eigenvalue weighted by atomic mass is 9.99. The summed E-state index contributed by atoms with van der Waals surface area (Å²) in [5.41, 5.74) is 13.1. The van der Waals surface area contributed by atoms with Gasteiger partial charge in [0.2, 0.25) is 5.91 Å². The number of amides is 1. The van der Waals surface area contributed by atoms with Gasteiger partial charge in [0.25, 0.3) is 0 Å². The van der Waals surface area contributed by atoms with Gasteiger partial charge in [0.15, 0.2) is 0 Å². The molecule has 2 rings (SSSR count). The molecule has 0 saturated heterocycles. The summed E-state index contributed by atoms with van der Waals surface area (Å²) in [6.07, 6.45) is 0. The lowest BCUT2D eigenvalue weighted by molar-refractivity contribution is 0.1000. The van der Waals surface area contributed by atoms with Gasteiger partial charge in [-0.2, -0.15) is 0 Å². The fraction of sp³-hybridized carbons (Fsp3) is 0.278. The number of carbonyl (C=O) groups is 1. The molecule has 3 heteroatoms. The number of carbonyl (C=O) groups excluding carboxylic acids is 1. The topological polar surface area (TPSA) is 55.1 Å². The third-order valence-electron chi connectivity index (χ3n) is 3.81. The first-order valence-corrected chi connectivity index (χ1v) is 7.09. The standard InChI is InChI=1S/C18H22N2O/c1-11-7-12(2)16(13(3)8-11)10-20-17-6-5-15(18(19)21)9-14(17)4/h5-9,20H,10H2,1-4H3,(H2,19,21). The van der Waals surface area contributed by atoms with Gasteiger partial charge in [0.05, 0.1) is 0 Å². The van der Waals surface area contributed by atoms with Crippen LogP contribution in [0.4, 0.5) is 5.69 Å². The van der Waals surface area contributed by atoms with Crippen molar-refractivity contribution in [2.24, 2.45) is 5.73 Å². The molecule has 0 fully saturated rings. The van der Waals surface area contributed by atoms with E-state index in [9.17, 15) is 4.79 Å². The molecule has 0 aliphatic heterocycles. The van der Waals surface area contributed by atoms with Crippen molar-refractivity contribution in [1.29, 1.82) is 0 Å². The molecule has 0 radical (unpaired) electrons. The predicted molar refractivity (Wildman–Crippen MR) is 87.7 cm³/mol. The maximum atomic E-state index is 11.2. The Bertz CT molecular complexity index is 667. The van der Waals surface area contributed by atoms with E-state index in [1.54, 1.807) is 6.07 Å². The van der Waals surface area contributed by atoms with Crippen LogP contribution in [0.5, 0.6) is 0 Å². The summed E-state index contributed by atoms with van der Waals surface area (Å²) < 4.78 is 0. The molecule has 21 heavy (non-hydrogen) atoms. The van der Waals surface area contributed by atoms with E-state index in [1.165, 1.54) is 22.3 Å². The maximum Gasteiger partial charge on any atom is 0.248 e. The van der Waals surface area contributed by atoms with Gasteiger partial charge in [0.1, 0.15) is 0 Å². The van der Waals surface area contributed by atoms with Crippen LogP contribution in [-0.4, -0.2) is 5.91 Å². The maximum absolute atomic E-state index is 11.2. The molecule has 0 unspecified atom stereocenters. The minimum atomic E-state index is -0.394. The first kappa shape index (κ1) is 15.1. The number of nitrogens with one attached hydrogen (secondary N) is 1. The zero-order chi connectivity index (χ0) is 15.6. The number of nitrogens with two attached hydrogens (primary N) is 1. The van der Waals surface area contributed by atoms with Crippen LogP contribution in [0.3, 0.4) is 0 Å². The Morgan fingerprint density at radius 3 is 2.14 bits per heavy atom. The zero-order valence-electron chi connectivity index (χ0n) is 13.1. The third-order valence-corrected chi connectivity index (χ3v) is 3.81. The van der Waals surface area contributed by atoms with E-state index >= 15 is 0 Å². The van der Waals surface area contributed by atoms with Gasteiger partial charge in [-0.25, -0.2) is 0 Å². The molecule has 0 atom stereocenters. The third kappa shape index (κ3) is 3.43. The Hall–Kier alpha value is -2.29. The largest absolute Gasteiger partial charge is 0.381 e. The first-order valence-electron chi connectivity index (χ1n) is 7.09. The monoisotopic (exact) mass is 282 g/mol. The summed E-state index contributed by atoms with van der Waals surface area (Å²) >= 11 is 0. The molecule has 0 bridgehead atoms. The van der Waals surface area contributed by atoms with Crippen molar-refractivity contribution >= 4 is 11.6 Å². The quantitative estimate of drug-likeness (QED) is 0.899. The number of hydrogen-bond donors (Lipinski definition) is 2. The van der Waals surface area contributed by atoms with Gasteiger partial charge in [-0.3, -0.25) is 4.79 Å². The summed E-state index contributed by atoms with van der Waals surface area (Å²) in [5.74, 6) is -0.394. The fourth-order valence-electron chi connectivity index (χ4n) is 2.69.